The predicted octanol–water partition coefficient (Wildman–Crippen LogP) is 3.82. The number of carbonyl (C=O) groups excluding carboxylic acids is 1. The molecule has 3 aromatic rings. The quantitative estimate of drug-likeness (QED) is 0.687. The van der Waals surface area contributed by atoms with Gasteiger partial charge in [0.05, 0.1) is 6.42 Å². The molecular weight excluding hydrogens is 288 g/mol. The fourth-order valence-corrected chi connectivity index (χ4v) is 2.03. The molecular formula is C16H11ClN2O2. The third-order valence-electron chi connectivity index (χ3n) is 2.98. The normalized spacial score (nSPS) is 10.5. The van der Waals surface area contributed by atoms with Gasteiger partial charge in [-0.05, 0) is 24.3 Å². The molecule has 104 valence electrons. The van der Waals surface area contributed by atoms with Crippen LogP contribution in [0.2, 0.25) is 5.02 Å². The molecule has 0 atom stereocenters. The first-order chi connectivity index (χ1) is 10.2. The molecule has 0 fully saturated rings. The molecule has 21 heavy (non-hydrogen) atoms. The maximum absolute atomic E-state index is 12.1. The van der Waals surface area contributed by atoms with E-state index >= 15 is 0 Å². The number of rotatable bonds is 4. The summed E-state index contributed by atoms with van der Waals surface area (Å²) in [5.74, 6) is 0.693. The van der Waals surface area contributed by atoms with Crippen molar-refractivity contribution in [2.24, 2.45) is 0 Å². The van der Waals surface area contributed by atoms with Crippen LogP contribution in [0.5, 0.6) is 0 Å². The highest BCUT2D eigenvalue weighted by molar-refractivity contribution is 6.30. The van der Waals surface area contributed by atoms with Gasteiger partial charge in [-0.3, -0.25) is 4.79 Å². The van der Waals surface area contributed by atoms with Gasteiger partial charge in [0, 0.05) is 16.1 Å². The van der Waals surface area contributed by atoms with Crippen LogP contribution in [0.1, 0.15) is 16.2 Å². The predicted molar refractivity (Wildman–Crippen MR) is 79.2 cm³/mol. The molecule has 0 spiro atoms. The van der Waals surface area contributed by atoms with Crippen LogP contribution in [0.4, 0.5) is 0 Å². The number of hydrogen-bond donors (Lipinski definition) is 0. The molecule has 0 aliphatic heterocycles. The first-order valence-corrected chi connectivity index (χ1v) is 6.77. The Labute approximate surface area is 126 Å². The summed E-state index contributed by atoms with van der Waals surface area (Å²) >= 11 is 5.83. The number of nitrogens with zero attached hydrogens (tertiary/aromatic N) is 2. The Morgan fingerprint density at radius 3 is 2.48 bits per heavy atom. The third kappa shape index (κ3) is 3.17. The molecule has 0 unspecified atom stereocenters. The number of hydrogen-bond acceptors (Lipinski definition) is 4. The number of ketones is 1. The van der Waals surface area contributed by atoms with Crippen molar-refractivity contribution in [2.75, 3.05) is 0 Å². The Balaban J connectivity index is 1.76. The topological polar surface area (TPSA) is 56.0 Å². The standard InChI is InChI=1S/C16H11ClN2O2/c17-13-8-6-12(7-9-13)16-18-15(21-19-16)10-14(20)11-4-2-1-3-5-11/h1-9H,10H2. The van der Waals surface area contributed by atoms with Crippen LogP contribution in [0.25, 0.3) is 11.4 Å². The maximum atomic E-state index is 12.1. The van der Waals surface area contributed by atoms with Gasteiger partial charge in [-0.15, -0.1) is 0 Å². The molecule has 0 aliphatic rings. The summed E-state index contributed by atoms with van der Waals surface area (Å²) in [4.78, 5) is 16.3. The van der Waals surface area contributed by atoms with E-state index < -0.39 is 0 Å². The molecule has 5 heteroatoms. The zero-order valence-electron chi connectivity index (χ0n) is 11.0. The van der Waals surface area contributed by atoms with Crippen molar-refractivity contribution >= 4 is 17.4 Å². The lowest BCUT2D eigenvalue weighted by molar-refractivity contribution is 0.0983. The summed E-state index contributed by atoms with van der Waals surface area (Å²) in [6.07, 6.45) is 0.0879. The molecule has 1 aromatic heterocycles. The van der Waals surface area contributed by atoms with E-state index in [-0.39, 0.29) is 12.2 Å². The van der Waals surface area contributed by atoms with Crippen LogP contribution in [-0.4, -0.2) is 15.9 Å². The van der Waals surface area contributed by atoms with Gasteiger partial charge < -0.3 is 4.52 Å². The minimum absolute atomic E-state index is 0.0538. The van der Waals surface area contributed by atoms with E-state index in [1.165, 1.54) is 0 Å². The Bertz CT molecular complexity index is 751. The summed E-state index contributed by atoms with van der Waals surface area (Å²) in [6, 6.07) is 16.1. The van der Waals surface area contributed by atoms with E-state index in [4.69, 9.17) is 16.1 Å². The Hall–Kier alpha value is -2.46. The molecule has 0 bridgehead atoms. The van der Waals surface area contributed by atoms with E-state index in [2.05, 4.69) is 10.1 Å². The molecule has 2 aromatic carbocycles. The van der Waals surface area contributed by atoms with Crippen LogP contribution in [0.3, 0.4) is 0 Å². The summed E-state index contributed by atoms with van der Waals surface area (Å²) in [5, 5.41) is 4.52. The van der Waals surface area contributed by atoms with Crippen LogP contribution < -0.4 is 0 Å². The van der Waals surface area contributed by atoms with Gasteiger partial charge in [0.1, 0.15) is 0 Å². The summed E-state index contributed by atoms with van der Waals surface area (Å²) in [7, 11) is 0. The SMILES string of the molecule is O=C(Cc1nc(-c2ccc(Cl)cc2)no1)c1ccccc1. The molecule has 0 amide bonds. The average molecular weight is 299 g/mol. The lowest BCUT2D eigenvalue weighted by Gasteiger charge is -1.96. The maximum Gasteiger partial charge on any atom is 0.234 e. The van der Waals surface area contributed by atoms with Crippen LogP contribution in [0, 0.1) is 0 Å². The molecule has 0 radical (unpaired) electrons. The summed E-state index contributed by atoms with van der Waals surface area (Å²) < 4.78 is 5.13. The second kappa shape index (κ2) is 5.89. The van der Waals surface area contributed by atoms with E-state index in [0.717, 1.165) is 5.56 Å². The molecule has 0 aliphatic carbocycles. The highest BCUT2D eigenvalue weighted by atomic mass is 35.5. The van der Waals surface area contributed by atoms with Crippen molar-refractivity contribution in [3.05, 3.63) is 71.1 Å². The first kappa shape index (κ1) is 13.5. The number of benzene rings is 2. The minimum atomic E-state index is -0.0538. The van der Waals surface area contributed by atoms with Crippen molar-refractivity contribution in [2.45, 2.75) is 6.42 Å². The third-order valence-corrected chi connectivity index (χ3v) is 3.23. The monoisotopic (exact) mass is 298 g/mol. The molecule has 1 heterocycles. The molecule has 0 N–H and O–H groups in total. The number of halogens is 1. The van der Waals surface area contributed by atoms with Gasteiger partial charge in [0.2, 0.25) is 11.7 Å². The van der Waals surface area contributed by atoms with E-state index in [0.29, 0.717) is 22.3 Å². The van der Waals surface area contributed by atoms with Crippen LogP contribution in [0.15, 0.2) is 59.1 Å². The number of aromatic nitrogens is 2. The second-order valence-electron chi connectivity index (χ2n) is 4.48. The first-order valence-electron chi connectivity index (χ1n) is 6.39. The largest absolute Gasteiger partial charge is 0.338 e. The second-order valence-corrected chi connectivity index (χ2v) is 4.92. The van der Waals surface area contributed by atoms with Gasteiger partial charge in [-0.25, -0.2) is 0 Å². The molecule has 4 nitrogen and oxygen atoms in total. The smallest absolute Gasteiger partial charge is 0.234 e. The highest BCUT2D eigenvalue weighted by Gasteiger charge is 2.13. The fourth-order valence-electron chi connectivity index (χ4n) is 1.91. The number of carbonyl (C=O) groups is 1. The van der Waals surface area contributed by atoms with Gasteiger partial charge >= 0.3 is 0 Å². The van der Waals surface area contributed by atoms with Gasteiger partial charge in [-0.2, -0.15) is 4.98 Å². The molecule has 0 saturated heterocycles. The van der Waals surface area contributed by atoms with Crippen molar-refractivity contribution < 1.29 is 9.32 Å². The van der Waals surface area contributed by atoms with Crippen molar-refractivity contribution in [1.29, 1.82) is 0 Å². The molecule has 3 rings (SSSR count). The lowest BCUT2D eigenvalue weighted by atomic mass is 10.1. The Kier molecular flexibility index (Phi) is 3.79. The fraction of sp³-hybridized carbons (Fsp3) is 0.0625. The van der Waals surface area contributed by atoms with Gasteiger partial charge in [0.15, 0.2) is 5.78 Å². The van der Waals surface area contributed by atoms with Crippen molar-refractivity contribution in [3.8, 4) is 11.4 Å². The Morgan fingerprint density at radius 2 is 1.76 bits per heavy atom. The van der Waals surface area contributed by atoms with E-state index in [1.807, 2.05) is 18.2 Å². The lowest BCUT2D eigenvalue weighted by Crippen LogP contribution is -2.03. The zero-order chi connectivity index (χ0) is 14.7. The van der Waals surface area contributed by atoms with Crippen LogP contribution >= 0.6 is 11.6 Å². The van der Waals surface area contributed by atoms with Gasteiger partial charge in [0.25, 0.3) is 0 Å². The van der Waals surface area contributed by atoms with Crippen molar-refractivity contribution in [1.82, 2.24) is 10.1 Å². The van der Waals surface area contributed by atoms with Crippen LogP contribution in [-0.2, 0) is 6.42 Å². The number of Topliss-reactive ketones (excluding diaryl/α,β-unsaturated/α-hetero) is 1. The molecule has 0 saturated carbocycles. The van der Waals surface area contributed by atoms with Gasteiger partial charge in [-0.1, -0.05) is 47.1 Å². The average Bonchev–Trinajstić information content (AvgIpc) is 2.97. The summed E-state index contributed by atoms with van der Waals surface area (Å²) in [5.41, 5.74) is 1.42. The Morgan fingerprint density at radius 1 is 1.05 bits per heavy atom. The van der Waals surface area contributed by atoms with E-state index in [1.54, 1.807) is 36.4 Å². The van der Waals surface area contributed by atoms with E-state index in [9.17, 15) is 4.79 Å². The zero-order valence-corrected chi connectivity index (χ0v) is 11.7. The van der Waals surface area contributed by atoms with Crippen molar-refractivity contribution in [3.63, 3.8) is 0 Å². The minimum Gasteiger partial charge on any atom is -0.338 e. The highest BCUT2D eigenvalue weighted by Crippen LogP contribution is 2.19. The summed E-state index contributed by atoms with van der Waals surface area (Å²) in [6.45, 7) is 0.